The van der Waals surface area contributed by atoms with Gasteiger partial charge in [0.2, 0.25) is 0 Å². The van der Waals surface area contributed by atoms with E-state index in [9.17, 15) is 9.36 Å². The van der Waals surface area contributed by atoms with Crippen LogP contribution in [0.1, 0.15) is 25.3 Å². The van der Waals surface area contributed by atoms with Crippen LogP contribution in [0.5, 0.6) is 0 Å². The summed E-state index contributed by atoms with van der Waals surface area (Å²) in [6, 6.07) is 8.95. The molecule has 0 saturated heterocycles. The smallest absolute Gasteiger partial charge is 0.364 e. The van der Waals surface area contributed by atoms with Gasteiger partial charge in [0, 0.05) is 14.2 Å². The number of hydrogen-bond acceptors (Lipinski definition) is 5. The second kappa shape index (κ2) is 8.72. The molecule has 0 atom stereocenters. The molecule has 22 heavy (non-hydrogen) atoms. The first-order chi connectivity index (χ1) is 10.5. The summed E-state index contributed by atoms with van der Waals surface area (Å²) in [5.74, 6) is -0.557. The van der Waals surface area contributed by atoms with Crippen molar-refractivity contribution in [3.8, 4) is 0 Å². The van der Waals surface area contributed by atoms with Crippen LogP contribution < -0.4 is 0 Å². The summed E-state index contributed by atoms with van der Waals surface area (Å²) in [7, 11) is 0.450. The lowest BCUT2D eigenvalue weighted by molar-refractivity contribution is -0.133. The Morgan fingerprint density at radius 2 is 1.73 bits per heavy atom. The molecule has 0 fully saturated rings. The number of ether oxygens (including phenoxy) is 1. The van der Waals surface area contributed by atoms with Crippen LogP contribution in [0.15, 0.2) is 41.4 Å². The molecular formula is C16H21O5P. The van der Waals surface area contributed by atoms with Gasteiger partial charge in [0.1, 0.15) is 5.57 Å². The van der Waals surface area contributed by atoms with E-state index in [0.29, 0.717) is 23.7 Å². The minimum atomic E-state index is -3.46. The second-order valence-electron chi connectivity index (χ2n) is 4.42. The van der Waals surface area contributed by atoms with Gasteiger partial charge in [-0.2, -0.15) is 0 Å². The van der Waals surface area contributed by atoms with Gasteiger partial charge in [-0.15, -0.1) is 0 Å². The van der Waals surface area contributed by atoms with E-state index in [0.717, 1.165) is 0 Å². The van der Waals surface area contributed by atoms with Crippen LogP contribution in [0.25, 0.3) is 5.57 Å². The fourth-order valence-electron chi connectivity index (χ4n) is 1.89. The maximum Gasteiger partial charge on any atom is 0.364 e. The lowest BCUT2D eigenvalue weighted by Gasteiger charge is -2.15. The molecule has 0 aliphatic carbocycles. The zero-order valence-electron chi connectivity index (χ0n) is 13.3. The van der Waals surface area contributed by atoms with Crippen LogP contribution in [0.3, 0.4) is 0 Å². The van der Waals surface area contributed by atoms with E-state index in [1.165, 1.54) is 21.3 Å². The fraction of sp³-hybridized carbons (Fsp3) is 0.375. The molecule has 0 aromatic heterocycles. The first kappa shape index (κ1) is 18.4. The van der Waals surface area contributed by atoms with Crippen LogP contribution in [-0.2, 0) is 23.1 Å². The predicted octanol–water partition coefficient (Wildman–Crippen LogP) is 4.01. The molecule has 0 amide bonds. The third-order valence-corrected chi connectivity index (χ3v) is 4.98. The molecule has 0 bridgehead atoms. The first-order valence-electron chi connectivity index (χ1n) is 6.88. The van der Waals surface area contributed by atoms with Crippen molar-refractivity contribution in [1.82, 2.24) is 0 Å². The second-order valence-corrected chi connectivity index (χ2v) is 6.68. The monoisotopic (exact) mass is 324 g/mol. The van der Waals surface area contributed by atoms with Gasteiger partial charge in [-0.05, 0) is 12.0 Å². The van der Waals surface area contributed by atoms with E-state index >= 15 is 0 Å². The third kappa shape index (κ3) is 4.43. The van der Waals surface area contributed by atoms with Crippen molar-refractivity contribution in [2.75, 3.05) is 21.3 Å². The fourth-order valence-corrected chi connectivity index (χ4v) is 3.23. The molecule has 120 valence electrons. The van der Waals surface area contributed by atoms with Crippen molar-refractivity contribution in [2.45, 2.75) is 19.8 Å². The highest BCUT2D eigenvalue weighted by Crippen LogP contribution is 2.56. The van der Waals surface area contributed by atoms with Crippen LogP contribution in [-0.4, -0.2) is 27.3 Å². The molecule has 0 aliphatic rings. The summed E-state index contributed by atoms with van der Waals surface area (Å²) in [5.41, 5.74) is 3.73. The largest absolute Gasteiger partial charge is 0.465 e. The van der Waals surface area contributed by atoms with Gasteiger partial charge in [-0.25, -0.2) is 4.79 Å². The number of carbonyl (C=O) groups is 1. The molecule has 1 rings (SSSR count). The highest BCUT2D eigenvalue weighted by atomic mass is 31.2. The van der Waals surface area contributed by atoms with E-state index in [2.05, 4.69) is 5.73 Å². The van der Waals surface area contributed by atoms with Gasteiger partial charge in [-0.3, -0.25) is 4.57 Å². The molecule has 0 radical (unpaired) electrons. The van der Waals surface area contributed by atoms with Gasteiger partial charge in [-0.1, -0.05) is 49.4 Å². The van der Waals surface area contributed by atoms with Crippen molar-refractivity contribution in [3.05, 3.63) is 46.9 Å². The number of carbonyl (C=O) groups excluding carboxylic acids is 1. The Bertz CT molecular complexity index is 607. The van der Waals surface area contributed by atoms with E-state index in [1.807, 2.05) is 13.0 Å². The van der Waals surface area contributed by atoms with Crippen molar-refractivity contribution in [3.63, 3.8) is 0 Å². The zero-order chi connectivity index (χ0) is 16.6. The van der Waals surface area contributed by atoms with Gasteiger partial charge in [0.25, 0.3) is 0 Å². The molecular weight excluding hydrogens is 303 g/mol. The van der Waals surface area contributed by atoms with Gasteiger partial charge < -0.3 is 13.8 Å². The van der Waals surface area contributed by atoms with E-state index < -0.39 is 13.6 Å². The van der Waals surface area contributed by atoms with Crippen LogP contribution in [0, 0.1) is 0 Å². The summed E-state index contributed by atoms with van der Waals surface area (Å²) >= 11 is 0. The lowest BCUT2D eigenvalue weighted by Crippen LogP contribution is -2.03. The van der Waals surface area contributed by atoms with Gasteiger partial charge in [0.05, 0.1) is 12.4 Å². The first-order valence-corrected chi connectivity index (χ1v) is 8.42. The summed E-state index contributed by atoms with van der Waals surface area (Å²) in [6.45, 7) is 1.93. The highest BCUT2D eigenvalue weighted by molar-refractivity contribution is 7.58. The molecule has 1 aromatic rings. The van der Waals surface area contributed by atoms with Gasteiger partial charge >= 0.3 is 13.6 Å². The highest BCUT2D eigenvalue weighted by Gasteiger charge is 2.27. The summed E-state index contributed by atoms with van der Waals surface area (Å²) in [4.78, 5) is 12.0. The SMILES string of the molecule is CCCC(=C=C(C(=O)OC)c1ccccc1)P(=O)(OC)OC. The Kier molecular flexibility index (Phi) is 7.30. The average molecular weight is 324 g/mol. The number of esters is 1. The van der Waals surface area contributed by atoms with Crippen LogP contribution >= 0.6 is 7.60 Å². The van der Waals surface area contributed by atoms with E-state index in [4.69, 9.17) is 13.8 Å². The normalized spacial score (nSPS) is 10.7. The molecule has 5 nitrogen and oxygen atoms in total. The molecule has 0 aliphatic heterocycles. The zero-order valence-corrected chi connectivity index (χ0v) is 14.2. The molecule has 0 spiro atoms. The number of rotatable bonds is 7. The Morgan fingerprint density at radius 1 is 1.14 bits per heavy atom. The Labute approximate surface area is 131 Å². The van der Waals surface area contributed by atoms with Crippen molar-refractivity contribution in [2.24, 2.45) is 0 Å². The minimum absolute atomic E-state index is 0.195. The lowest BCUT2D eigenvalue weighted by atomic mass is 10.1. The Balaban J connectivity index is 3.61. The molecule has 0 heterocycles. The average Bonchev–Trinajstić information content (AvgIpc) is 2.58. The van der Waals surface area contributed by atoms with E-state index in [1.54, 1.807) is 24.3 Å². The maximum atomic E-state index is 12.6. The summed E-state index contributed by atoms with van der Waals surface area (Å²) in [6.07, 6.45) is 1.15. The van der Waals surface area contributed by atoms with Gasteiger partial charge in [0.15, 0.2) is 0 Å². The predicted molar refractivity (Wildman–Crippen MR) is 85.4 cm³/mol. The van der Waals surface area contributed by atoms with Crippen molar-refractivity contribution < 1.29 is 23.1 Å². The number of hydrogen-bond donors (Lipinski definition) is 0. The molecule has 0 saturated carbocycles. The quantitative estimate of drug-likeness (QED) is 0.328. The van der Waals surface area contributed by atoms with Crippen LogP contribution in [0.2, 0.25) is 0 Å². The summed E-state index contributed by atoms with van der Waals surface area (Å²) in [5, 5.41) is 0.323. The number of methoxy groups -OCH3 is 1. The minimum Gasteiger partial charge on any atom is -0.465 e. The standard InChI is InChI=1S/C16H21O5P/c1-5-9-14(22(18,20-3)21-4)12-15(16(17)19-2)13-10-7-6-8-11-13/h6-8,10-11H,5,9H2,1-4H3. The maximum absolute atomic E-state index is 12.6. The molecule has 0 N–H and O–H groups in total. The van der Waals surface area contributed by atoms with E-state index in [-0.39, 0.29) is 5.57 Å². The topological polar surface area (TPSA) is 61.8 Å². The van der Waals surface area contributed by atoms with Crippen LogP contribution in [0.4, 0.5) is 0 Å². The van der Waals surface area contributed by atoms with Crippen molar-refractivity contribution in [1.29, 1.82) is 0 Å². The number of benzene rings is 1. The Morgan fingerprint density at radius 3 is 2.18 bits per heavy atom. The third-order valence-electron chi connectivity index (χ3n) is 3.02. The molecule has 0 unspecified atom stereocenters. The summed E-state index contributed by atoms with van der Waals surface area (Å²) < 4.78 is 27.5. The Hall–Kier alpha value is -1.64. The van der Waals surface area contributed by atoms with Crippen molar-refractivity contribution >= 4 is 19.1 Å². The molecule has 6 heteroatoms. The molecule has 1 aromatic carbocycles.